The summed E-state index contributed by atoms with van der Waals surface area (Å²) in [6.45, 7) is 3.78. The molecule has 1 aromatic heterocycles. The van der Waals surface area contributed by atoms with E-state index in [4.69, 9.17) is 14.2 Å². The minimum Gasteiger partial charge on any atom is -0.497 e. The van der Waals surface area contributed by atoms with Crippen molar-refractivity contribution in [1.82, 2.24) is 10.2 Å². The van der Waals surface area contributed by atoms with Gasteiger partial charge in [-0.25, -0.2) is 0 Å². The van der Waals surface area contributed by atoms with Gasteiger partial charge in [0.05, 0.1) is 37.4 Å². The van der Waals surface area contributed by atoms with Gasteiger partial charge in [0.2, 0.25) is 11.0 Å². The van der Waals surface area contributed by atoms with E-state index in [0.717, 1.165) is 5.56 Å². The van der Waals surface area contributed by atoms with Crippen LogP contribution in [-0.4, -0.2) is 53.9 Å². The van der Waals surface area contributed by atoms with Gasteiger partial charge in [0.1, 0.15) is 11.5 Å². The minimum atomic E-state index is -0.433. The summed E-state index contributed by atoms with van der Waals surface area (Å²) in [6, 6.07) is 5.37. The number of amides is 1. The molecule has 1 amide bonds. The molecule has 0 fully saturated rings. The van der Waals surface area contributed by atoms with Gasteiger partial charge in [-0.3, -0.25) is 14.9 Å². The van der Waals surface area contributed by atoms with Gasteiger partial charge in [0.15, 0.2) is 5.01 Å². The number of nitrogens with zero attached hydrogens (tertiary/aromatic N) is 2. The van der Waals surface area contributed by atoms with Crippen molar-refractivity contribution in [2.45, 2.75) is 19.1 Å². The number of anilines is 1. The Hall–Kier alpha value is -2.33. The first-order valence-electron chi connectivity index (χ1n) is 8.12. The first-order valence-corrected chi connectivity index (χ1v) is 9.99. The largest absolute Gasteiger partial charge is 0.497 e. The molecule has 10 heteroatoms. The van der Waals surface area contributed by atoms with Gasteiger partial charge in [-0.1, -0.05) is 11.3 Å². The van der Waals surface area contributed by atoms with Crippen LogP contribution < -0.4 is 14.8 Å². The van der Waals surface area contributed by atoms with E-state index in [9.17, 15) is 9.59 Å². The number of aromatic nitrogens is 2. The van der Waals surface area contributed by atoms with Gasteiger partial charge in [0.25, 0.3) is 0 Å². The summed E-state index contributed by atoms with van der Waals surface area (Å²) in [6.07, 6.45) is 0. The molecule has 0 radical (unpaired) electrons. The van der Waals surface area contributed by atoms with Crippen molar-refractivity contribution in [3.8, 4) is 22.1 Å². The molecule has 2 aromatic rings. The van der Waals surface area contributed by atoms with Crippen LogP contribution in [0.25, 0.3) is 10.6 Å². The van der Waals surface area contributed by atoms with Crippen LogP contribution in [0.3, 0.4) is 0 Å². The Bertz CT molecular complexity index is 797. The van der Waals surface area contributed by atoms with Gasteiger partial charge in [-0.15, -0.1) is 22.0 Å². The second-order valence-corrected chi connectivity index (χ2v) is 7.53. The molecule has 2 rings (SSSR count). The maximum absolute atomic E-state index is 12.2. The summed E-state index contributed by atoms with van der Waals surface area (Å²) in [5.74, 6) is 0.788. The third-order valence-corrected chi connectivity index (χ3v) is 5.41. The number of carbonyl (C=O) groups excluding carboxylic acids is 2. The molecule has 0 saturated carbocycles. The van der Waals surface area contributed by atoms with Crippen LogP contribution in [0.2, 0.25) is 0 Å². The fourth-order valence-electron chi connectivity index (χ4n) is 2.04. The van der Waals surface area contributed by atoms with Crippen LogP contribution >= 0.6 is 23.1 Å². The molecule has 1 heterocycles. The highest BCUT2D eigenvalue weighted by molar-refractivity contribution is 8.01. The topological polar surface area (TPSA) is 99.6 Å². The predicted octanol–water partition coefficient (Wildman–Crippen LogP) is 2.85. The summed E-state index contributed by atoms with van der Waals surface area (Å²) in [4.78, 5) is 23.6. The Labute approximate surface area is 165 Å². The summed E-state index contributed by atoms with van der Waals surface area (Å²) in [5, 5.41) is 11.4. The van der Waals surface area contributed by atoms with Crippen molar-refractivity contribution < 1.29 is 23.8 Å². The summed E-state index contributed by atoms with van der Waals surface area (Å²) in [5.41, 5.74) is 0.751. The van der Waals surface area contributed by atoms with Crippen molar-refractivity contribution >= 4 is 40.1 Å². The maximum Gasteiger partial charge on any atom is 0.315 e. The average molecular weight is 412 g/mol. The summed E-state index contributed by atoms with van der Waals surface area (Å²) >= 11 is 2.43. The summed E-state index contributed by atoms with van der Waals surface area (Å²) < 4.78 is 15.4. The SMILES string of the molecule is CCOC(=O)CS[C@H](C)C(=O)Nc1nnc(-c2ccc(OC)cc2OC)s1. The van der Waals surface area contributed by atoms with Crippen LogP contribution in [0.15, 0.2) is 18.2 Å². The van der Waals surface area contributed by atoms with Gasteiger partial charge in [-0.05, 0) is 26.0 Å². The number of benzene rings is 1. The lowest BCUT2D eigenvalue weighted by Gasteiger charge is -2.09. The monoisotopic (exact) mass is 411 g/mol. The highest BCUT2D eigenvalue weighted by Gasteiger charge is 2.19. The smallest absolute Gasteiger partial charge is 0.315 e. The van der Waals surface area contributed by atoms with E-state index in [2.05, 4.69) is 15.5 Å². The van der Waals surface area contributed by atoms with E-state index >= 15 is 0 Å². The van der Waals surface area contributed by atoms with Crippen molar-refractivity contribution in [3.63, 3.8) is 0 Å². The molecule has 0 bridgehead atoms. The normalized spacial score (nSPS) is 11.6. The Kier molecular flexibility index (Phi) is 7.86. The van der Waals surface area contributed by atoms with Gasteiger partial charge in [-0.2, -0.15) is 0 Å². The third kappa shape index (κ3) is 5.83. The van der Waals surface area contributed by atoms with E-state index in [1.54, 1.807) is 40.2 Å². The molecular formula is C17H21N3O5S2. The molecule has 0 spiro atoms. The van der Waals surface area contributed by atoms with Crippen molar-refractivity contribution in [3.05, 3.63) is 18.2 Å². The zero-order valence-electron chi connectivity index (χ0n) is 15.5. The molecule has 0 aliphatic heterocycles. The van der Waals surface area contributed by atoms with E-state index in [-0.39, 0.29) is 17.6 Å². The van der Waals surface area contributed by atoms with E-state index in [1.807, 2.05) is 6.07 Å². The fourth-order valence-corrected chi connectivity index (χ4v) is 3.49. The van der Waals surface area contributed by atoms with Crippen LogP contribution in [-0.2, 0) is 14.3 Å². The number of methoxy groups -OCH3 is 2. The Morgan fingerprint density at radius 2 is 2.04 bits per heavy atom. The molecule has 1 N–H and O–H groups in total. The van der Waals surface area contributed by atoms with Crippen LogP contribution in [0.4, 0.5) is 5.13 Å². The first-order chi connectivity index (χ1) is 13.0. The zero-order valence-corrected chi connectivity index (χ0v) is 17.1. The lowest BCUT2D eigenvalue weighted by Crippen LogP contribution is -2.24. The molecule has 0 aliphatic carbocycles. The molecule has 0 unspecified atom stereocenters. The number of carbonyl (C=O) groups is 2. The fraction of sp³-hybridized carbons (Fsp3) is 0.412. The number of esters is 1. The molecule has 0 saturated heterocycles. The number of thioether (sulfide) groups is 1. The number of hydrogen-bond donors (Lipinski definition) is 1. The lowest BCUT2D eigenvalue weighted by molar-refractivity contribution is -0.139. The predicted molar refractivity (Wildman–Crippen MR) is 106 cm³/mol. The average Bonchev–Trinajstić information content (AvgIpc) is 3.13. The minimum absolute atomic E-state index is 0.118. The van der Waals surface area contributed by atoms with Crippen LogP contribution in [0.1, 0.15) is 13.8 Å². The number of rotatable bonds is 9. The second-order valence-electron chi connectivity index (χ2n) is 5.23. The molecule has 8 nitrogen and oxygen atoms in total. The highest BCUT2D eigenvalue weighted by atomic mass is 32.2. The highest BCUT2D eigenvalue weighted by Crippen LogP contribution is 2.36. The summed E-state index contributed by atoms with van der Waals surface area (Å²) in [7, 11) is 3.14. The first kappa shape index (κ1) is 21.0. The van der Waals surface area contributed by atoms with Crippen LogP contribution in [0.5, 0.6) is 11.5 Å². The number of hydrogen-bond acceptors (Lipinski definition) is 9. The third-order valence-electron chi connectivity index (χ3n) is 3.42. The molecule has 0 aliphatic rings. The van der Waals surface area contributed by atoms with E-state index in [1.165, 1.54) is 23.1 Å². The van der Waals surface area contributed by atoms with Crippen molar-refractivity contribution in [2.75, 3.05) is 31.9 Å². The van der Waals surface area contributed by atoms with E-state index < -0.39 is 5.25 Å². The number of ether oxygens (including phenoxy) is 3. The maximum atomic E-state index is 12.2. The quantitative estimate of drug-likeness (QED) is 0.629. The molecule has 146 valence electrons. The zero-order chi connectivity index (χ0) is 19.8. The van der Waals surface area contributed by atoms with Gasteiger partial charge < -0.3 is 14.2 Å². The molecule has 1 atom stereocenters. The number of nitrogens with one attached hydrogen (secondary N) is 1. The standard InChI is InChI=1S/C17H21N3O5S2/c1-5-25-14(21)9-26-10(2)15(22)18-17-20-19-16(27-17)12-7-6-11(23-3)8-13(12)24-4/h6-8,10H,5,9H2,1-4H3,(H,18,20,22)/t10-/m1/s1. The molecule has 27 heavy (non-hydrogen) atoms. The molecule has 1 aromatic carbocycles. The van der Waals surface area contributed by atoms with Gasteiger partial charge in [0, 0.05) is 6.07 Å². The molecular weight excluding hydrogens is 390 g/mol. The Balaban J connectivity index is 2.01. The Morgan fingerprint density at radius 1 is 1.26 bits per heavy atom. The van der Waals surface area contributed by atoms with Crippen LogP contribution in [0, 0.1) is 0 Å². The van der Waals surface area contributed by atoms with Gasteiger partial charge >= 0.3 is 5.97 Å². The second kappa shape index (κ2) is 10.1. The van der Waals surface area contributed by atoms with Crippen molar-refractivity contribution in [2.24, 2.45) is 0 Å². The Morgan fingerprint density at radius 3 is 2.70 bits per heavy atom. The van der Waals surface area contributed by atoms with Crippen molar-refractivity contribution in [1.29, 1.82) is 0 Å². The van der Waals surface area contributed by atoms with E-state index in [0.29, 0.717) is 28.2 Å². The lowest BCUT2D eigenvalue weighted by atomic mass is 10.2.